The molecular formula is C23H27N3O2. The number of para-hydroxylation sites is 1. The molecule has 1 heterocycles. The summed E-state index contributed by atoms with van der Waals surface area (Å²) in [6.07, 6.45) is 0.743. The first-order valence-electron chi connectivity index (χ1n) is 9.75. The first-order valence-corrected chi connectivity index (χ1v) is 9.75. The third kappa shape index (κ3) is 4.66. The molecule has 2 aromatic carbocycles. The van der Waals surface area contributed by atoms with E-state index < -0.39 is 0 Å². The molecule has 0 saturated carbocycles. The average molecular weight is 377 g/mol. The van der Waals surface area contributed by atoms with Crippen molar-refractivity contribution in [1.29, 1.82) is 0 Å². The van der Waals surface area contributed by atoms with Gasteiger partial charge in [-0.1, -0.05) is 61.5 Å². The lowest BCUT2D eigenvalue weighted by molar-refractivity contribution is -0.119. The van der Waals surface area contributed by atoms with Gasteiger partial charge in [0.15, 0.2) is 0 Å². The van der Waals surface area contributed by atoms with Gasteiger partial charge in [-0.2, -0.15) is 4.98 Å². The fourth-order valence-corrected chi connectivity index (χ4v) is 3.14. The average Bonchev–Trinajstić information content (AvgIpc) is 3.16. The number of carbonyl (C=O) groups is 1. The van der Waals surface area contributed by atoms with Crippen LogP contribution in [0.15, 0.2) is 59.1 Å². The summed E-state index contributed by atoms with van der Waals surface area (Å²) in [5.74, 6) is 1.56. The molecule has 5 nitrogen and oxygen atoms in total. The second kappa shape index (κ2) is 8.83. The Labute approximate surface area is 166 Å². The molecule has 28 heavy (non-hydrogen) atoms. The van der Waals surface area contributed by atoms with Crippen LogP contribution in [-0.2, 0) is 11.2 Å². The van der Waals surface area contributed by atoms with Gasteiger partial charge in [0.2, 0.25) is 17.6 Å². The van der Waals surface area contributed by atoms with Crippen LogP contribution in [0.1, 0.15) is 51.5 Å². The SMILES string of the molecule is CC(C)c1ccc(-c2noc(CCC(=O)N(c3ccccc3)C(C)C)n2)cc1. The van der Waals surface area contributed by atoms with E-state index >= 15 is 0 Å². The maximum atomic E-state index is 12.8. The molecule has 0 bridgehead atoms. The molecule has 0 saturated heterocycles. The molecule has 0 aliphatic carbocycles. The van der Waals surface area contributed by atoms with Gasteiger partial charge in [0.05, 0.1) is 0 Å². The van der Waals surface area contributed by atoms with Gasteiger partial charge in [-0.3, -0.25) is 4.79 Å². The predicted octanol–water partition coefficient (Wildman–Crippen LogP) is 5.23. The van der Waals surface area contributed by atoms with Gasteiger partial charge in [0.25, 0.3) is 0 Å². The number of benzene rings is 2. The van der Waals surface area contributed by atoms with Crippen LogP contribution in [0.5, 0.6) is 0 Å². The van der Waals surface area contributed by atoms with Gasteiger partial charge in [-0.15, -0.1) is 0 Å². The van der Waals surface area contributed by atoms with Crippen molar-refractivity contribution >= 4 is 11.6 Å². The van der Waals surface area contributed by atoms with Crippen LogP contribution in [0.2, 0.25) is 0 Å². The summed E-state index contributed by atoms with van der Waals surface area (Å²) in [7, 11) is 0. The van der Waals surface area contributed by atoms with E-state index in [0.29, 0.717) is 30.5 Å². The quantitative estimate of drug-likeness (QED) is 0.565. The van der Waals surface area contributed by atoms with E-state index in [4.69, 9.17) is 4.52 Å². The summed E-state index contributed by atoms with van der Waals surface area (Å²) < 4.78 is 5.36. The van der Waals surface area contributed by atoms with Gasteiger partial charge < -0.3 is 9.42 Å². The van der Waals surface area contributed by atoms with Crippen molar-refractivity contribution in [3.8, 4) is 11.4 Å². The van der Waals surface area contributed by atoms with E-state index in [-0.39, 0.29) is 11.9 Å². The summed E-state index contributed by atoms with van der Waals surface area (Å²) in [6.45, 7) is 8.34. The highest BCUT2D eigenvalue weighted by Gasteiger charge is 2.20. The minimum atomic E-state index is 0.0437. The van der Waals surface area contributed by atoms with E-state index in [0.717, 1.165) is 11.3 Å². The monoisotopic (exact) mass is 377 g/mol. The third-order valence-electron chi connectivity index (χ3n) is 4.68. The van der Waals surface area contributed by atoms with Crippen LogP contribution in [-0.4, -0.2) is 22.1 Å². The molecule has 0 radical (unpaired) electrons. The number of hydrogen-bond donors (Lipinski definition) is 0. The van der Waals surface area contributed by atoms with E-state index in [2.05, 4.69) is 36.1 Å². The number of amides is 1. The number of anilines is 1. The number of nitrogens with zero attached hydrogens (tertiary/aromatic N) is 3. The molecular weight excluding hydrogens is 350 g/mol. The smallest absolute Gasteiger partial charge is 0.227 e. The highest BCUT2D eigenvalue weighted by Crippen LogP contribution is 2.22. The number of aryl methyl sites for hydroxylation is 1. The molecule has 0 atom stereocenters. The fraction of sp³-hybridized carbons (Fsp3) is 0.348. The Bertz CT molecular complexity index is 899. The Hall–Kier alpha value is -2.95. The topological polar surface area (TPSA) is 59.2 Å². The maximum absolute atomic E-state index is 12.8. The highest BCUT2D eigenvalue weighted by atomic mass is 16.5. The Morgan fingerprint density at radius 2 is 1.68 bits per heavy atom. The van der Waals surface area contributed by atoms with E-state index in [9.17, 15) is 4.79 Å². The fourth-order valence-electron chi connectivity index (χ4n) is 3.14. The minimum absolute atomic E-state index is 0.0437. The van der Waals surface area contributed by atoms with Crippen molar-refractivity contribution in [2.45, 2.75) is 52.5 Å². The third-order valence-corrected chi connectivity index (χ3v) is 4.68. The first-order chi connectivity index (χ1) is 13.5. The Morgan fingerprint density at radius 1 is 1.00 bits per heavy atom. The lowest BCUT2D eigenvalue weighted by Crippen LogP contribution is -2.37. The van der Waals surface area contributed by atoms with Gasteiger partial charge in [0, 0.05) is 30.1 Å². The molecule has 3 aromatic rings. The van der Waals surface area contributed by atoms with Crippen LogP contribution in [0.25, 0.3) is 11.4 Å². The highest BCUT2D eigenvalue weighted by molar-refractivity contribution is 5.93. The number of aromatic nitrogens is 2. The Kier molecular flexibility index (Phi) is 6.24. The molecule has 1 aromatic heterocycles. The first kappa shape index (κ1) is 19.8. The zero-order valence-electron chi connectivity index (χ0n) is 16.9. The van der Waals surface area contributed by atoms with Crippen molar-refractivity contribution in [3.05, 3.63) is 66.1 Å². The van der Waals surface area contributed by atoms with Crippen molar-refractivity contribution in [1.82, 2.24) is 10.1 Å². The Balaban J connectivity index is 1.65. The molecule has 146 valence electrons. The van der Waals surface area contributed by atoms with Crippen molar-refractivity contribution in [2.24, 2.45) is 0 Å². The van der Waals surface area contributed by atoms with Crippen LogP contribution < -0.4 is 4.90 Å². The van der Waals surface area contributed by atoms with Crippen LogP contribution in [0.4, 0.5) is 5.69 Å². The van der Waals surface area contributed by atoms with Gasteiger partial charge in [-0.25, -0.2) is 0 Å². The lowest BCUT2D eigenvalue weighted by atomic mass is 10.0. The molecule has 3 rings (SSSR count). The number of carbonyl (C=O) groups excluding carboxylic acids is 1. The van der Waals surface area contributed by atoms with Crippen LogP contribution >= 0.6 is 0 Å². The van der Waals surface area contributed by atoms with Gasteiger partial charge >= 0.3 is 0 Å². The molecule has 0 N–H and O–H groups in total. The standard InChI is InChI=1S/C23H27N3O2/c1-16(2)18-10-12-19(13-11-18)23-24-21(28-25-23)14-15-22(27)26(17(3)4)20-8-6-5-7-9-20/h5-13,16-17H,14-15H2,1-4H3. The maximum Gasteiger partial charge on any atom is 0.227 e. The Morgan fingerprint density at radius 3 is 2.29 bits per heavy atom. The molecule has 0 unspecified atom stereocenters. The largest absolute Gasteiger partial charge is 0.339 e. The summed E-state index contributed by atoms with van der Waals surface area (Å²) in [5.41, 5.74) is 3.09. The molecule has 0 aliphatic heterocycles. The van der Waals surface area contributed by atoms with E-state index in [1.54, 1.807) is 0 Å². The number of rotatable bonds is 7. The lowest BCUT2D eigenvalue weighted by Gasteiger charge is -2.26. The van der Waals surface area contributed by atoms with Crippen molar-refractivity contribution < 1.29 is 9.32 Å². The zero-order valence-corrected chi connectivity index (χ0v) is 16.9. The zero-order chi connectivity index (χ0) is 20.1. The minimum Gasteiger partial charge on any atom is -0.339 e. The van der Waals surface area contributed by atoms with Gasteiger partial charge in [0.1, 0.15) is 0 Å². The molecule has 5 heteroatoms. The normalized spacial score (nSPS) is 11.2. The predicted molar refractivity (Wildman–Crippen MR) is 111 cm³/mol. The van der Waals surface area contributed by atoms with Crippen molar-refractivity contribution in [2.75, 3.05) is 4.90 Å². The van der Waals surface area contributed by atoms with Crippen LogP contribution in [0, 0.1) is 0 Å². The van der Waals surface area contributed by atoms with Crippen LogP contribution in [0.3, 0.4) is 0 Å². The molecule has 0 fully saturated rings. The van der Waals surface area contributed by atoms with E-state index in [1.165, 1.54) is 5.56 Å². The second-order valence-corrected chi connectivity index (χ2v) is 7.48. The molecule has 0 spiro atoms. The molecule has 0 aliphatic rings. The van der Waals surface area contributed by atoms with Crippen molar-refractivity contribution in [3.63, 3.8) is 0 Å². The second-order valence-electron chi connectivity index (χ2n) is 7.48. The summed E-state index contributed by atoms with van der Waals surface area (Å²) in [4.78, 5) is 19.0. The van der Waals surface area contributed by atoms with E-state index in [1.807, 2.05) is 61.2 Å². The number of hydrogen-bond acceptors (Lipinski definition) is 4. The van der Waals surface area contributed by atoms with Gasteiger partial charge in [-0.05, 0) is 37.5 Å². The molecule has 1 amide bonds. The summed E-state index contributed by atoms with van der Waals surface area (Å²) in [5, 5.41) is 4.07. The summed E-state index contributed by atoms with van der Waals surface area (Å²) in [6, 6.07) is 18.0. The summed E-state index contributed by atoms with van der Waals surface area (Å²) >= 11 is 0.